The molecule has 0 aliphatic heterocycles. The van der Waals surface area contributed by atoms with Gasteiger partial charge in [0.2, 0.25) is 0 Å². The number of rotatable bonds is 3. The maximum Gasteiger partial charge on any atom is 0.171 e. The summed E-state index contributed by atoms with van der Waals surface area (Å²) >= 11 is 5.77. The van der Waals surface area contributed by atoms with Crippen molar-refractivity contribution in [1.82, 2.24) is 4.98 Å². The summed E-state index contributed by atoms with van der Waals surface area (Å²) < 4.78 is 5.45. The molecule has 1 heterocycles. The highest BCUT2D eigenvalue weighted by molar-refractivity contribution is 6.30. The van der Waals surface area contributed by atoms with Crippen LogP contribution in [0.4, 0.5) is 0 Å². The van der Waals surface area contributed by atoms with E-state index in [-0.39, 0.29) is 6.10 Å². The molecule has 1 aromatic rings. The lowest BCUT2D eigenvalue weighted by Crippen LogP contribution is -1.98. The molecular formula is C9H8ClNO2. The fourth-order valence-electron chi connectivity index (χ4n) is 0.956. The van der Waals surface area contributed by atoms with Gasteiger partial charge in [-0.25, -0.2) is 4.98 Å². The largest absolute Gasteiger partial charge is 0.487 e. The number of nitrogens with zero attached hydrogens (tertiary/aromatic N) is 1. The van der Waals surface area contributed by atoms with Crippen LogP contribution in [0.1, 0.15) is 23.2 Å². The zero-order valence-electron chi connectivity index (χ0n) is 6.87. The van der Waals surface area contributed by atoms with Crippen LogP contribution >= 0.6 is 11.6 Å². The number of pyridine rings is 1. The molecule has 3 nitrogen and oxygen atoms in total. The van der Waals surface area contributed by atoms with E-state index in [9.17, 15) is 4.79 Å². The van der Waals surface area contributed by atoms with Crippen molar-refractivity contribution in [2.45, 2.75) is 18.9 Å². The number of aromatic nitrogens is 1. The molecule has 0 bridgehead atoms. The molecule has 0 amide bonds. The Labute approximate surface area is 80.7 Å². The van der Waals surface area contributed by atoms with Gasteiger partial charge in [0, 0.05) is 11.8 Å². The Morgan fingerprint density at radius 2 is 2.38 bits per heavy atom. The van der Waals surface area contributed by atoms with E-state index in [4.69, 9.17) is 16.3 Å². The second kappa shape index (κ2) is 3.34. The molecule has 0 spiro atoms. The van der Waals surface area contributed by atoms with Gasteiger partial charge in [-0.2, -0.15) is 0 Å². The number of halogens is 1. The fourth-order valence-corrected chi connectivity index (χ4v) is 1.10. The molecule has 2 rings (SSSR count). The molecule has 0 unspecified atom stereocenters. The van der Waals surface area contributed by atoms with E-state index in [1.807, 2.05) is 0 Å². The molecule has 0 atom stereocenters. The zero-order chi connectivity index (χ0) is 9.26. The average Bonchev–Trinajstić information content (AvgIpc) is 2.93. The molecule has 13 heavy (non-hydrogen) atoms. The first-order chi connectivity index (χ1) is 6.29. The third-order valence-corrected chi connectivity index (χ3v) is 2.07. The molecule has 1 aromatic heterocycles. The Bertz CT molecular complexity index is 336. The molecule has 1 aliphatic carbocycles. The lowest BCUT2D eigenvalue weighted by atomic mass is 10.3. The minimum atomic E-state index is 0.265. The van der Waals surface area contributed by atoms with Gasteiger partial charge in [0.25, 0.3) is 0 Å². The van der Waals surface area contributed by atoms with E-state index in [1.54, 1.807) is 6.07 Å². The van der Waals surface area contributed by atoms with E-state index < -0.39 is 0 Å². The second-order valence-electron chi connectivity index (χ2n) is 2.99. The maximum absolute atomic E-state index is 10.4. The summed E-state index contributed by atoms with van der Waals surface area (Å²) in [5.41, 5.74) is 0.486. The van der Waals surface area contributed by atoms with Crippen molar-refractivity contribution in [3.63, 3.8) is 0 Å². The Balaban J connectivity index is 2.24. The lowest BCUT2D eigenvalue weighted by Gasteiger charge is -2.05. The van der Waals surface area contributed by atoms with E-state index in [0.717, 1.165) is 19.1 Å². The van der Waals surface area contributed by atoms with Gasteiger partial charge in [-0.05, 0) is 18.9 Å². The Kier molecular flexibility index (Phi) is 2.19. The third-order valence-electron chi connectivity index (χ3n) is 1.78. The van der Waals surface area contributed by atoms with Crippen molar-refractivity contribution in [3.8, 4) is 5.75 Å². The standard InChI is InChI=1S/C9H8ClNO2/c10-9-8(13-7-1-2-7)3-6(5-12)4-11-9/h3-5,7H,1-2H2. The number of hydrogen-bond donors (Lipinski definition) is 0. The van der Waals surface area contributed by atoms with Gasteiger partial charge in [-0.3, -0.25) is 4.79 Å². The first-order valence-electron chi connectivity index (χ1n) is 4.07. The summed E-state index contributed by atoms with van der Waals surface area (Å²) in [6, 6.07) is 1.61. The molecule has 1 aliphatic rings. The number of carbonyl (C=O) groups is 1. The van der Waals surface area contributed by atoms with E-state index in [2.05, 4.69) is 4.98 Å². The van der Waals surface area contributed by atoms with Gasteiger partial charge < -0.3 is 4.74 Å². The topological polar surface area (TPSA) is 39.2 Å². The van der Waals surface area contributed by atoms with E-state index >= 15 is 0 Å². The molecule has 1 fully saturated rings. The van der Waals surface area contributed by atoms with Crippen LogP contribution in [0, 0.1) is 0 Å². The zero-order valence-corrected chi connectivity index (χ0v) is 7.62. The van der Waals surface area contributed by atoms with Crippen LogP contribution in [0.2, 0.25) is 5.15 Å². The summed E-state index contributed by atoms with van der Waals surface area (Å²) in [4.78, 5) is 14.3. The van der Waals surface area contributed by atoms with E-state index in [0.29, 0.717) is 16.5 Å². The molecular weight excluding hydrogens is 190 g/mol. The second-order valence-corrected chi connectivity index (χ2v) is 3.35. The normalized spacial score (nSPS) is 15.5. The molecule has 0 radical (unpaired) electrons. The van der Waals surface area contributed by atoms with Gasteiger partial charge in [-0.1, -0.05) is 11.6 Å². The Morgan fingerprint density at radius 1 is 1.62 bits per heavy atom. The number of hydrogen-bond acceptors (Lipinski definition) is 3. The Hall–Kier alpha value is -1.09. The van der Waals surface area contributed by atoms with Gasteiger partial charge in [0.15, 0.2) is 17.2 Å². The first-order valence-corrected chi connectivity index (χ1v) is 4.45. The number of ether oxygens (including phenoxy) is 1. The van der Waals surface area contributed by atoms with Crippen LogP contribution in [-0.4, -0.2) is 17.4 Å². The van der Waals surface area contributed by atoms with Crippen LogP contribution in [0.15, 0.2) is 12.3 Å². The highest BCUT2D eigenvalue weighted by atomic mass is 35.5. The van der Waals surface area contributed by atoms with Crippen molar-refractivity contribution in [2.24, 2.45) is 0 Å². The van der Waals surface area contributed by atoms with Crippen molar-refractivity contribution in [2.75, 3.05) is 0 Å². The maximum atomic E-state index is 10.4. The lowest BCUT2D eigenvalue weighted by molar-refractivity contribution is 0.112. The molecule has 0 aromatic carbocycles. The molecule has 68 valence electrons. The molecule has 1 saturated carbocycles. The van der Waals surface area contributed by atoms with Crippen molar-refractivity contribution >= 4 is 17.9 Å². The summed E-state index contributed by atoms with van der Waals surface area (Å²) in [6.07, 6.45) is 4.53. The highest BCUT2D eigenvalue weighted by Gasteiger charge is 2.24. The quantitative estimate of drug-likeness (QED) is 0.550. The van der Waals surface area contributed by atoms with Crippen LogP contribution in [0.3, 0.4) is 0 Å². The summed E-state index contributed by atoms with van der Waals surface area (Å²) in [5.74, 6) is 0.508. The van der Waals surface area contributed by atoms with Crippen LogP contribution in [0.25, 0.3) is 0 Å². The van der Waals surface area contributed by atoms with E-state index in [1.165, 1.54) is 6.20 Å². The van der Waals surface area contributed by atoms with Gasteiger partial charge in [0.1, 0.15) is 0 Å². The Morgan fingerprint density at radius 3 is 3.00 bits per heavy atom. The third kappa shape index (κ3) is 1.98. The van der Waals surface area contributed by atoms with Gasteiger partial charge >= 0.3 is 0 Å². The minimum Gasteiger partial charge on any atom is -0.487 e. The van der Waals surface area contributed by atoms with Crippen molar-refractivity contribution in [1.29, 1.82) is 0 Å². The smallest absolute Gasteiger partial charge is 0.171 e. The average molecular weight is 198 g/mol. The summed E-state index contributed by atoms with van der Waals surface area (Å²) in [5, 5.41) is 0.317. The first kappa shape index (κ1) is 8.51. The van der Waals surface area contributed by atoms with Crippen LogP contribution in [0.5, 0.6) is 5.75 Å². The van der Waals surface area contributed by atoms with Gasteiger partial charge in [-0.15, -0.1) is 0 Å². The molecule has 0 N–H and O–H groups in total. The fraction of sp³-hybridized carbons (Fsp3) is 0.333. The summed E-state index contributed by atoms with van der Waals surface area (Å²) in [7, 11) is 0. The predicted molar refractivity (Wildman–Crippen MR) is 48.3 cm³/mol. The van der Waals surface area contributed by atoms with Crippen LogP contribution in [-0.2, 0) is 0 Å². The SMILES string of the molecule is O=Cc1cnc(Cl)c(OC2CC2)c1. The van der Waals surface area contributed by atoms with Crippen LogP contribution < -0.4 is 4.74 Å². The summed E-state index contributed by atoms with van der Waals surface area (Å²) in [6.45, 7) is 0. The molecule has 0 saturated heterocycles. The highest BCUT2D eigenvalue weighted by Crippen LogP contribution is 2.30. The predicted octanol–water partition coefficient (Wildman–Crippen LogP) is 2.09. The van der Waals surface area contributed by atoms with Crippen molar-refractivity contribution < 1.29 is 9.53 Å². The minimum absolute atomic E-state index is 0.265. The number of carbonyl (C=O) groups excluding carboxylic acids is 1. The number of aldehydes is 1. The van der Waals surface area contributed by atoms with Gasteiger partial charge in [0.05, 0.1) is 6.10 Å². The molecule has 4 heteroatoms. The monoisotopic (exact) mass is 197 g/mol. The van der Waals surface area contributed by atoms with Crippen molar-refractivity contribution in [3.05, 3.63) is 23.0 Å².